The molecule has 1 saturated heterocycles. The summed E-state index contributed by atoms with van der Waals surface area (Å²) in [7, 11) is -0.728. The monoisotopic (exact) mass is 437 g/mol. The predicted molar refractivity (Wildman–Crippen MR) is 111 cm³/mol. The van der Waals surface area contributed by atoms with Gasteiger partial charge in [0, 0.05) is 30.2 Å². The van der Waals surface area contributed by atoms with Gasteiger partial charge in [-0.1, -0.05) is 6.07 Å². The number of fused-ring (bicyclic) bond motifs is 1. The molecule has 2 aliphatic heterocycles. The summed E-state index contributed by atoms with van der Waals surface area (Å²) < 4.78 is 49.5. The number of benzene rings is 2. The van der Waals surface area contributed by atoms with Crippen LogP contribution in [0.3, 0.4) is 0 Å². The van der Waals surface area contributed by atoms with Gasteiger partial charge < -0.3 is 18.9 Å². The van der Waals surface area contributed by atoms with E-state index in [0.29, 0.717) is 36.8 Å². The largest absolute Gasteiger partial charge is 0.497 e. The highest BCUT2D eigenvalue weighted by Crippen LogP contribution is 2.41. The van der Waals surface area contributed by atoms with E-state index < -0.39 is 10.0 Å². The third kappa shape index (κ3) is 3.99. The van der Waals surface area contributed by atoms with Crippen LogP contribution in [0.5, 0.6) is 23.0 Å². The fraction of sp³-hybridized carbons (Fsp3) is 0.400. The third-order valence-corrected chi connectivity index (χ3v) is 8.31. The van der Waals surface area contributed by atoms with Crippen molar-refractivity contribution in [3.05, 3.63) is 42.0 Å². The SMILES string of the molecule is COc1ccc(OC)c(S(=O)(=O)N2CCSC(c3ccc4c(c3)OCO4)CC2)c1. The van der Waals surface area contributed by atoms with Crippen molar-refractivity contribution >= 4 is 21.8 Å². The molecule has 0 amide bonds. The first kappa shape index (κ1) is 20.2. The average Bonchev–Trinajstić information content (AvgIpc) is 3.07. The summed E-state index contributed by atoms with van der Waals surface area (Å²) >= 11 is 1.76. The van der Waals surface area contributed by atoms with Gasteiger partial charge in [0.2, 0.25) is 16.8 Å². The van der Waals surface area contributed by atoms with Crippen LogP contribution in [0, 0.1) is 0 Å². The zero-order valence-electron chi connectivity index (χ0n) is 16.3. The number of sulfonamides is 1. The van der Waals surface area contributed by atoms with E-state index in [2.05, 4.69) is 0 Å². The predicted octanol–water partition coefficient (Wildman–Crippen LogP) is 3.30. The lowest BCUT2D eigenvalue weighted by molar-refractivity contribution is 0.174. The van der Waals surface area contributed by atoms with Crippen LogP contribution in [0.4, 0.5) is 0 Å². The van der Waals surface area contributed by atoms with Crippen LogP contribution in [0.25, 0.3) is 0 Å². The minimum absolute atomic E-state index is 0.130. The Morgan fingerprint density at radius 2 is 1.86 bits per heavy atom. The van der Waals surface area contributed by atoms with Crippen molar-refractivity contribution in [2.75, 3.05) is 39.9 Å². The summed E-state index contributed by atoms with van der Waals surface area (Å²) in [5, 5.41) is 0.192. The third-order valence-electron chi connectivity index (χ3n) is 5.06. The van der Waals surface area contributed by atoms with Crippen molar-refractivity contribution in [3.63, 3.8) is 0 Å². The van der Waals surface area contributed by atoms with Crippen molar-refractivity contribution in [1.29, 1.82) is 0 Å². The molecular weight excluding hydrogens is 414 g/mol. The van der Waals surface area contributed by atoms with Gasteiger partial charge in [0.25, 0.3) is 0 Å². The number of methoxy groups -OCH3 is 2. The molecule has 9 heteroatoms. The van der Waals surface area contributed by atoms with Gasteiger partial charge in [-0.15, -0.1) is 0 Å². The van der Waals surface area contributed by atoms with E-state index in [9.17, 15) is 8.42 Å². The second-order valence-corrected chi connectivity index (χ2v) is 9.90. The second-order valence-electron chi connectivity index (χ2n) is 6.68. The molecule has 0 spiro atoms. The maximum Gasteiger partial charge on any atom is 0.246 e. The van der Waals surface area contributed by atoms with E-state index in [0.717, 1.165) is 17.1 Å². The molecule has 2 aromatic carbocycles. The Kier molecular flexibility index (Phi) is 5.80. The van der Waals surface area contributed by atoms with Crippen molar-refractivity contribution in [1.82, 2.24) is 4.31 Å². The van der Waals surface area contributed by atoms with Crippen molar-refractivity contribution in [3.8, 4) is 23.0 Å². The molecule has 7 nitrogen and oxygen atoms in total. The zero-order chi connectivity index (χ0) is 20.4. The van der Waals surface area contributed by atoms with Crippen LogP contribution in [0.15, 0.2) is 41.3 Å². The maximum absolute atomic E-state index is 13.3. The molecule has 156 valence electrons. The van der Waals surface area contributed by atoms with Gasteiger partial charge in [0.1, 0.15) is 16.4 Å². The van der Waals surface area contributed by atoms with Gasteiger partial charge in [-0.3, -0.25) is 0 Å². The van der Waals surface area contributed by atoms with Gasteiger partial charge >= 0.3 is 0 Å². The van der Waals surface area contributed by atoms with Gasteiger partial charge in [0.05, 0.1) is 14.2 Å². The molecule has 0 aromatic heterocycles. The molecule has 4 rings (SSSR count). The summed E-state index contributed by atoms with van der Waals surface area (Å²) in [6.07, 6.45) is 0.704. The number of hydrogen-bond donors (Lipinski definition) is 0. The van der Waals surface area contributed by atoms with E-state index in [1.165, 1.54) is 24.6 Å². The van der Waals surface area contributed by atoms with E-state index in [1.807, 2.05) is 18.2 Å². The highest BCUT2D eigenvalue weighted by Gasteiger charge is 2.31. The molecule has 0 bridgehead atoms. The Hall–Kier alpha value is -2.10. The number of ether oxygens (including phenoxy) is 4. The first-order valence-electron chi connectivity index (χ1n) is 9.26. The van der Waals surface area contributed by atoms with Crippen LogP contribution >= 0.6 is 11.8 Å². The van der Waals surface area contributed by atoms with Gasteiger partial charge in [-0.05, 0) is 36.2 Å². The summed E-state index contributed by atoms with van der Waals surface area (Å²) in [5.74, 6) is 2.99. The number of hydrogen-bond acceptors (Lipinski definition) is 7. The van der Waals surface area contributed by atoms with E-state index in [4.69, 9.17) is 18.9 Å². The lowest BCUT2D eigenvalue weighted by atomic mass is 10.1. The lowest BCUT2D eigenvalue weighted by Gasteiger charge is -2.21. The fourth-order valence-corrected chi connectivity index (χ4v) is 6.46. The quantitative estimate of drug-likeness (QED) is 0.710. The van der Waals surface area contributed by atoms with Crippen LogP contribution in [-0.2, 0) is 10.0 Å². The van der Waals surface area contributed by atoms with E-state index >= 15 is 0 Å². The highest BCUT2D eigenvalue weighted by molar-refractivity contribution is 7.99. The average molecular weight is 438 g/mol. The number of thioether (sulfide) groups is 1. The molecular formula is C20H23NO6S2. The van der Waals surface area contributed by atoms with Gasteiger partial charge in [-0.2, -0.15) is 16.1 Å². The smallest absolute Gasteiger partial charge is 0.246 e. The Morgan fingerprint density at radius 3 is 2.66 bits per heavy atom. The maximum atomic E-state index is 13.3. The fourth-order valence-electron chi connectivity index (χ4n) is 3.49. The number of rotatable bonds is 5. The van der Waals surface area contributed by atoms with E-state index in [-0.39, 0.29) is 16.9 Å². The standard InChI is InChI=1S/C20H23NO6S2/c1-24-15-4-6-17(25-2)20(12-15)29(22,23)21-8-7-19(28-10-9-21)14-3-5-16-18(11-14)27-13-26-16/h3-6,11-12,19H,7-10,13H2,1-2H3. The Morgan fingerprint density at radius 1 is 1.03 bits per heavy atom. The van der Waals surface area contributed by atoms with Crippen LogP contribution in [0.1, 0.15) is 17.2 Å². The topological polar surface area (TPSA) is 74.3 Å². The summed E-state index contributed by atoms with van der Waals surface area (Å²) in [5.41, 5.74) is 1.12. The first-order valence-corrected chi connectivity index (χ1v) is 11.7. The lowest BCUT2D eigenvalue weighted by Crippen LogP contribution is -2.33. The van der Waals surface area contributed by atoms with Crippen LogP contribution < -0.4 is 18.9 Å². The van der Waals surface area contributed by atoms with Crippen molar-refractivity contribution in [2.45, 2.75) is 16.6 Å². The summed E-state index contributed by atoms with van der Waals surface area (Å²) in [6.45, 7) is 1.11. The minimum atomic E-state index is -3.71. The molecule has 2 aliphatic rings. The molecule has 1 atom stereocenters. The molecule has 2 aromatic rings. The molecule has 1 unspecified atom stereocenters. The normalized spacial score (nSPS) is 19.6. The van der Waals surface area contributed by atoms with E-state index in [1.54, 1.807) is 23.9 Å². The van der Waals surface area contributed by atoms with Crippen LogP contribution in [0.2, 0.25) is 0 Å². The molecule has 0 aliphatic carbocycles. The Bertz CT molecular complexity index is 994. The molecule has 1 fully saturated rings. The zero-order valence-corrected chi connectivity index (χ0v) is 17.9. The Balaban J connectivity index is 1.55. The van der Waals surface area contributed by atoms with Crippen molar-refractivity contribution < 1.29 is 27.4 Å². The summed E-state index contributed by atoms with van der Waals surface area (Å²) in [4.78, 5) is 0.130. The Labute approximate surface area is 174 Å². The summed E-state index contributed by atoms with van der Waals surface area (Å²) in [6, 6.07) is 10.8. The molecule has 0 N–H and O–H groups in total. The molecule has 0 saturated carbocycles. The second kappa shape index (κ2) is 8.33. The van der Waals surface area contributed by atoms with Gasteiger partial charge in [-0.25, -0.2) is 8.42 Å². The van der Waals surface area contributed by atoms with Crippen molar-refractivity contribution in [2.24, 2.45) is 0 Å². The number of nitrogens with zero attached hydrogens (tertiary/aromatic N) is 1. The highest BCUT2D eigenvalue weighted by atomic mass is 32.2. The minimum Gasteiger partial charge on any atom is -0.497 e. The first-order chi connectivity index (χ1) is 14.0. The molecule has 2 heterocycles. The van der Waals surface area contributed by atoms with Crippen LogP contribution in [-0.4, -0.2) is 52.6 Å². The van der Waals surface area contributed by atoms with Gasteiger partial charge in [0.15, 0.2) is 11.5 Å². The molecule has 0 radical (unpaired) electrons. The molecule has 29 heavy (non-hydrogen) atoms.